The summed E-state index contributed by atoms with van der Waals surface area (Å²) in [5.41, 5.74) is 2.95. The van der Waals surface area contributed by atoms with Gasteiger partial charge in [0, 0.05) is 15.0 Å². The maximum Gasteiger partial charge on any atom is 0.0363 e. The second-order valence-electron chi connectivity index (χ2n) is 4.55. The third kappa shape index (κ3) is 2.45. The fraction of sp³-hybridized carbons (Fsp3) is 0.250. The summed E-state index contributed by atoms with van der Waals surface area (Å²) >= 11 is 4.02. The van der Waals surface area contributed by atoms with E-state index in [1.807, 2.05) is 23.5 Å². The van der Waals surface area contributed by atoms with Crippen LogP contribution in [0.5, 0.6) is 0 Å². The van der Waals surface area contributed by atoms with Crippen molar-refractivity contribution in [1.29, 1.82) is 0 Å². The Morgan fingerprint density at radius 3 is 2.72 bits per heavy atom. The van der Waals surface area contributed by atoms with Gasteiger partial charge in [0.1, 0.15) is 0 Å². The van der Waals surface area contributed by atoms with E-state index in [0.29, 0.717) is 5.25 Å². The van der Waals surface area contributed by atoms with Gasteiger partial charge >= 0.3 is 0 Å². The van der Waals surface area contributed by atoms with Crippen LogP contribution in [0.3, 0.4) is 0 Å². The van der Waals surface area contributed by atoms with Crippen molar-refractivity contribution in [3.05, 3.63) is 59.7 Å². The van der Waals surface area contributed by atoms with Crippen molar-refractivity contribution in [3.63, 3.8) is 0 Å². The van der Waals surface area contributed by atoms with Gasteiger partial charge in [0.2, 0.25) is 0 Å². The van der Waals surface area contributed by atoms with Gasteiger partial charge in [0.25, 0.3) is 0 Å². The molecule has 0 bridgehead atoms. The maximum atomic E-state index is 2.30. The molecular formula is C16H16S2. The second-order valence-corrected chi connectivity index (χ2v) is 6.93. The molecule has 0 fully saturated rings. The third-order valence-corrected chi connectivity index (χ3v) is 5.84. The van der Waals surface area contributed by atoms with Gasteiger partial charge in [-0.2, -0.15) is 0 Å². The molecule has 0 nitrogen and oxygen atoms in total. The van der Waals surface area contributed by atoms with Crippen LogP contribution in [-0.2, 0) is 0 Å². The van der Waals surface area contributed by atoms with E-state index in [4.69, 9.17) is 0 Å². The van der Waals surface area contributed by atoms with Crippen LogP contribution in [0.1, 0.15) is 22.8 Å². The van der Waals surface area contributed by atoms with Crippen molar-refractivity contribution in [2.45, 2.75) is 28.4 Å². The Hall–Kier alpha value is -0.860. The molecule has 0 radical (unpaired) electrons. The van der Waals surface area contributed by atoms with E-state index in [-0.39, 0.29) is 0 Å². The molecule has 0 spiro atoms. The Bertz CT molecular complexity index is 534. The largest absolute Gasteiger partial charge is 0.126 e. The van der Waals surface area contributed by atoms with E-state index >= 15 is 0 Å². The number of hydrogen-bond donors (Lipinski definition) is 0. The molecular weight excluding hydrogens is 256 g/mol. The lowest BCUT2D eigenvalue weighted by Crippen LogP contribution is -2.05. The minimum atomic E-state index is 0.614. The van der Waals surface area contributed by atoms with E-state index in [1.165, 1.54) is 33.1 Å². The summed E-state index contributed by atoms with van der Waals surface area (Å²) in [5.74, 6) is 1.24. The molecule has 0 amide bonds. The van der Waals surface area contributed by atoms with Crippen molar-refractivity contribution in [1.82, 2.24) is 0 Å². The lowest BCUT2D eigenvalue weighted by Gasteiger charge is -2.25. The highest BCUT2D eigenvalue weighted by molar-refractivity contribution is 8.01. The Labute approximate surface area is 117 Å². The molecule has 2 aromatic rings. The first-order valence-electron chi connectivity index (χ1n) is 6.28. The lowest BCUT2D eigenvalue weighted by molar-refractivity contribution is 0.859. The van der Waals surface area contributed by atoms with Gasteiger partial charge in [0.15, 0.2) is 0 Å². The second kappa shape index (κ2) is 5.41. The average Bonchev–Trinajstić information content (AvgIpc) is 2.41. The summed E-state index contributed by atoms with van der Waals surface area (Å²) in [6.07, 6.45) is 1.26. The predicted molar refractivity (Wildman–Crippen MR) is 81.6 cm³/mol. The minimum absolute atomic E-state index is 0.614. The standard InChI is InChI=1S/C16H16S2/c1-12-6-5-9-14-15(10-11-17-16(12)14)18-13-7-3-2-4-8-13/h2-9,15H,10-11H2,1H3. The highest BCUT2D eigenvalue weighted by atomic mass is 32.2. The zero-order valence-electron chi connectivity index (χ0n) is 10.4. The summed E-state index contributed by atoms with van der Waals surface area (Å²) in [6.45, 7) is 2.22. The zero-order valence-corrected chi connectivity index (χ0v) is 12.1. The monoisotopic (exact) mass is 272 g/mol. The van der Waals surface area contributed by atoms with Gasteiger partial charge in [-0.1, -0.05) is 36.4 Å². The first kappa shape index (κ1) is 12.2. The molecule has 1 unspecified atom stereocenters. The fourth-order valence-corrected chi connectivity index (χ4v) is 4.99. The van der Waals surface area contributed by atoms with Crippen LogP contribution in [0.25, 0.3) is 0 Å². The van der Waals surface area contributed by atoms with Crippen LogP contribution in [0.2, 0.25) is 0 Å². The first-order valence-corrected chi connectivity index (χ1v) is 8.15. The molecule has 1 atom stereocenters. The van der Waals surface area contributed by atoms with Crippen molar-refractivity contribution in [3.8, 4) is 0 Å². The smallest absolute Gasteiger partial charge is 0.0363 e. The Morgan fingerprint density at radius 2 is 1.89 bits per heavy atom. The Morgan fingerprint density at radius 1 is 1.06 bits per heavy atom. The molecule has 0 N–H and O–H groups in total. The molecule has 0 aliphatic carbocycles. The summed E-state index contributed by atoms with van der Waals surface area (Å²) in [7, 11) is 0. The van der Waals surface area contributed by atoms with Gasteiger partial charge in [-0.25, -0.2) is 0 Å². The average molecular weight is 272 g/mol. The van der Waals surface area contributed by atoms with Crippen LogP contribution in [0, 0.1) is 6.92 Å². The van der Waals surface area contributed by atoms with Crippen LogP contribution < -0.4 is 0 Å². The Kier molecular flexibility index (Phi) is 3.67. The van der Waals surface area contributed by atoms with E-state index in [9.17, 15) is 0 Å². The van der Waals surface area contributed by atoms with E-state index in [0.717, 1.165) is 0 Å². The van der Waals surface area contributed by atoms with Crippen LogP contribution in [0.15, 0.2) is 58.3 Å². The molecule has 2 aromatic carbocycles. The van der Waals surface area contributed by atoms with Crippen molar-refractivity contribution < 1.29 is 0 Å². The molecule has 0 saturated heterocycles. The van der Waals surface area contributed by atoms with Crippen LogP contribution in [-0.4, -0.2) is 5.75 Å². The summed E-state index contributed by atoms with van der Waals surface area (Å²) in [6, 6.07) is 17.5. The summed E-state index contributed by atoms with van der Waals surface area (Å²) < 4.78 is 0. The highest BCUT2D eigenvalue weighted by Gasteiger charge is 2.22. The number of fused-ring (bicyclic) bond motifs is 1. The van der Waals surface area contributed by atoms with E-state index in [2.05, 4.69) is 55.5 Å². The Balaban J connectivity index is 1.90. The molecule has 0 saturated carbocycles. The maximum absolute atomic E-state index is 2.30. The number of hydrogen-bond acceptors (Lipinski definition) is 2. The van der Waals surface area contributed by atoms with Crippen molar-refractivity contribution >= 4 is 23.5 Å². The highest BCUT2D eigenvalue weighted by Crippen LogP contribution is 2.47. The van der Waals surface area contributed by atoms with Gasteiger partial charge in [-0.05, 0) is 42.4 Å². The quantitative estimate of drug-likeness (QED) is 0.725. The normalized spacial score (nSPS) is 18.4. The topological polar surface area (TPSA) is 0 Å². The number of thioether (sulfide) groups is 2. The molecule has 92 valence electrons. The zero-order chi connectivity index (χ0) is 12.4. The predicted octanol–water partition coefficient (Wildman–Crippen LogP) is 5.32. The first-order chi connectivity index (χ1) is 8.84. The molecule has 3 rings (SSSR count). The SMILES string of the molecule is Cc1cccc2c1SCCC2Sc1ccccc1. The minimum Gasteiger partial charge on any atom is -0.126 e. The number of aryl methyl sites for hydroxylation is 1. The molecule has 1 heterocycles. The van der Waals surface area contributed by atoms with Crippen LogP contribution >= 0.6 is 23.5 Å². The third-order valence-electron chi connectivity index (χ3n) is 3.24. The summed E-state index contributed by atoms with van der Waals surface area (Å²) in [5, 5.41) is 0.614. The molecule has 1 aliphatic heterocycles. The summed E-state index contributed by atoms with van der Waals surface area (Å²) in [4.78, 5) is 2.89. The number of benzene rings is 2. The lowest BCUT2D eigenvalue weighted by atomic mass is 10.1. The van der Waals surface area contributed by atoms with Gasteiger partial charge in [-0.3, -0.25) is 0 Å². The fourth-order valence-electron chi connectivity index (χ4n) is 2.34. The van der Waals surface area contributed by atoms with E-state index < -0.39 is 0 Å². The molecule has 2 heteroatoms. The molecule has 0 aromatic heterocycles. The molecule has 18 heavy (non-hydrogen) atoms. The van der Waals surface area contributed by atoms with Crippen LogP contribution in [0.4, 0.5) is 0 Å². The van der Waals surface area contributed by atoms with Crippen molar-refractivity contribution in [2.75, 3.05) is 5.75 Å². The number of rotatable bonds is 2. The van der Waals surface area contributed by atoms with Gasteiger partial charge in [-0.15, -0.1) is 23.5 Å². The van der Waals surface area contributed by atoms with Crippen molar-refractivity contribution in [2.24, 2.45) is 0 Å². The van der Waals surface area contributed by atoms with Gasteiger partial charge < -0.3 is 0 Å². The molecule has 1 aliphatic rings. The van der Waals surface area contributed by atoms with E-state index in [1.54, 1.807) is 0 Å². The van der Waals surface area contributed by atoms with Gasteiger partial charge in [0.05, 0.1) is 0 Å².